The molecule has 0 radical (unpaired) electrons. The van der Waals surface area contributed by atoms with E-state index in [-0.39, 0.29) is 24.8 Å². The lowest BCUT2D eigenvalue weighted by atomic mass is 9.92. The summed E-state index contributed by atoms with van der Waals surface area (Å²) < 4.78 is 0. The molecule has 1 heterocycles. The van der Waals surface area contributed by atoms with Gasteiger partial charge in [0.05, 0.1) is 6.42 Å². The number of benzene rings is 3. The van der Waals surface area contributed by atoms with Crippen LogP contribution in [0.25, 0.3) is 0 Å². The number of carbonyl (C=O) groups excluding carboxylic acids is 2. The first-order valence-electron chi connectivity index (χ1n) is 12.0. The van der Waals surface area contributed by atoms with Gasteiger partial charge in [0, 0.05) is 36.6 Å². The first-order valence-corrected chi connectivity index (χ1v) is 12.4. The number of aliphatic carboxylic acids is 1. The molecule has 6 nitrogen and oxygen atoms in total. The second kappa shape index (κ2) is 11.4. The summed E-state index contributed by atoms with van der Waals surface area (Å²) in [4.78, 5) is 42.1. The van der Waals surface area contributed by atoms with Crippen LogP contribution < -0.4 is 0 Å². The molecule has 0 saturated heterocycles. The van der Waals surface area contributed by atoms with Crippen molar-refractivity contribution < 1.29 is 19.5 Å². The van der Waals surface area contributed by atoms with Gasteiger partial charge in [0.25, 0.3) is 5.91 Å². The van der Waals surface area contributed by atoms with Crippen LogP contribution in [0.2, 0.25) is 5.02 Å². The van der Waals surface area contributed by atoms with Crippen molar-refractivity contribution in [2.75, 3.05) is 13.1 Å². The van der Waals surface area contributed by atoms with Gasteiger partial charge in [0.2, 0.25) is 5.91 Å². The Morgan fingerprint density at radius 3 is 2.39 bits per heavy atom. The maximum Gasteiger partial charge on any atom is 0.305 e. The van der Waals surface area contributed by atoms with Gasteiger partial charge in [0.1, 0.15) is 6.04 Å². The SMILES string of the molecule is Cc1ccc(C(=O)N2Cc3ccccc3C[C@H]2C(=O)N(CCC(=O)O)CCc2cccc(Cl)c2)cc1. The van der Waals surface area contributed by atoms with Gasteiger partial charge < -0.3 is 14.9 Å². The van der Waals surface area contributed by atoms with Crippen LogP contribution in [0.1, 0.15) is 39.0 Å². The third-order valence-corrected chi connectivity index (χ3v) is 6.79. The summed E-state index contributed by atoms with van der Waals surface area (Å²) in [5.41, 5.74) is 4.56. The molecule has 3 aromatic carbocycles. The topological polar surface area (TPSA) is 77.9 Å². The van der Waals surface area contributed by atoms with E-state index in [2.05, 4.69) is 0 Å². The van der Waals surface area contributed by atoms with Gasteiger partial charge in [-0.05, 0) is 54.3 Å². The maximum absolute atomic E-state index is 13.9. The number of hydrogen-bond donors (Lipinski definition) is 1. The molecule has 0 fully saturated rings. The van der Waals surface area contributed by atoms with Crippen molar-refractivity contribution in [1.29, 1.82) is 0 Å². The Morgan fingerprint density at radius 1 is 0.972 bits per heavy atom. The normalized spacial score (nSPS) is 14.7. The van der Waals surface area contributed by atoms with Crippen LogP contribution >= 0.6 is 11.6 Å². The first-order chi connectivity index (χ1) is 17.3. The largest absolute Gasteiger partial charge is 0.481 e. The number of carbonyl (C=O) groups is 3. The van der Waals surface area contributed by atoms with Crippen molar-refractivity contribution in [1.82, 2.24) is 9.80 Å². The average Bonchev–Trinajstić information content (AvgIpc) is 2.87. The number of rotatable bonds is 8. The molecule has 0 spiro atoms. The van der Waals surface area contributed by atoms with Gasteiger partial charge in [0.15, 0.2) is 0 Å². The van der Waals surface area contributed by atoms with Gasteiger partial charge in [-0.25, -0.2) is 0 Å². The molecule has 3 aromatic rings. The zero-order chi connectivity index (χ0) is 25.7. The Morgan fingerprint density at radius 2 is 1.69 bits per heavy atom. The molecule has 0 saturated carbocycles. The lowest BCUT2D eigenvalue weighted by molar-refractivity contribution is -0.140. The fraction of sp³-hybridized carbons (Fsp3) is 0.276. The highest BCUT2D eigenvalue weighted by Crippen LogP contribution is 2.27. The Hall–Kier alpha value is -3.64. The van der Waals surface area contributed by atoms with E-state index in [0.29, 0.717) is 36.5 Å². The van der Waals surface area contributed by atoms with Crippen LogP contribution in [0.5, 0.6) is 0 Å². The predicted octanol–water partition coefficient (Wildman–Crippen LogP) is 4.76. The molecule has 0 aliphatic carbocycles. The molecule has 0 bridgehead atoms. The van der Waals surface area contributed by atoms with Gasteiger partial charge in [-0.1, -0.05) is 65.7 Å². The zero-order valence-electron chi connectivity index (χ0n) is 20.2. The van der Waals surface area contributed by atoms with Crippen molar-refractivity contribution in [3.8, 4) is 0 Å². The minimum atomic E-state index is -0.975. The molecule has 186 valence electrons. The molecule has 1 aliphatic rings. The van der Waals surface area contributed by atoms with Gasteiger partial charge in [-0.2, -0.15) is 0 Å². The third-order valence-electron chi connectivity index (χ3n) is 6.56. The zero-order valence-corrected chi connectivity index (χ0v) is 20.9. The molecular formula is C29H29ClN2O4. The summed E-state index contributed by atoms with van der Waals surface area (Å²) in [7, 11) is 0. The van der Waals surface area contributed by atoms with E-state index in [1.54, 1.807) is 28.0 Å². The van der Waals surface area contributed by atoms with Crippen molar-refractivity contribution in [2.24, 2.45) is 0 Å². The molecule has 0 unspecified atom stereocenters. The Balaban J connectivity index is 1.62. The molecule has 7 heteroatoms. The number of amides is 2. The van der Waals surface area contributed by atoms with Crippen LogP contribution in [0.4, 0.5) is 0 Å². The molecule has 36 heavy (non-hydrogen) atoms. The van der Waals surface area contributed by atoms with Crippen LogP contribution in [-0.2, 0) is 29.0 Å². The summed E-state index contributed by atoms with van der Waals surface area (Å²) in [6, 6.07) is 21.8. The third kappa shape index (κ3) is 6.13. The summed E-state index contributed by atoms with van der Waals surface area (Å²) >= 11 is 6.11. The Labute approximate surface area is 216 Å². The lowest BCUT2D eigenvalue weighted by Crippen LogP contribution is -2.54. The van der Waals surface area contributed by atoms with Gasteiger partial charge in [-0.15, -0.1) is 0 Å². The quantitative estimate of drug-likeness (QED) is 0.479. The second-order valence-corrected chi connectivity index (χ2v) is 9.57. The van der Waals surface area contributed by atoms with E-state index >= 15 is 0 Å². The molecule has 1 N–H and O–H groups in total. The number of aryl methyl sites for hydroxylation is 1. The molecule has 2 amide bonds. The van der Waals surface area contributed by atoms with E-state index < -0.39 is 12.0 Å². The van der Waals surface area contributed by atoms with Gasteiger partial charge >= 0.3 is 5.97 Å². The van der Waals surface area contributed by atoms with Crippen molar-refractivity contribution in [3.05, 3.63) is 106 Å². The van der Waals surface area contributed by atoms with Crippen molar-refractivity contribution >= 4 is 29.4 Å². The fourth-order valence-electron chi connectivity index (χ4n) is 4.55. The summed E-state index contributed by atoms with van der Waals surface area (Å²) in [5, 5.41) is 9.90. The Bertz CT molecular complexity index is 1260. The van der Waals surface area contributed by atoms with Crippen molar-refractivity contribution in [2.45, 2.75) is 38.8 Å². The first kappa shape index (κ1) is 25.5. The molecular weight excluding hydrogens is 476 g/mol. The monoisotopic (exact) mass is 504 g/mol. The lowest BCUT2D eigenvalue weighted by Gasteiger charge is -2.38. The highest BCUT2D eigenvalue weighted by Gasteiger charge is 2.37. The number of nitrogens with zero attached hydrogens (tertiary/aromatic N) is 2. The average molecular weight is 505 g/mol. The number of halogens is 1. The number of fused-ring (bicyclic) bond motifs is 1. The minimum Gasteiger partial charge on any atom is -0.481 e. The number of carboxylic acid groups (broad SMARTS) is 1. The highest BCUT2D eigenvalue weighted by atomic mass is 35.5. The minimum absolute atomic E-state index is 0.0689. The molecule has 1 aliphatic heterocycles. The second-order valence-electron chi connectivity index (χ2n) is 9.14. The summed E-state index contributed by atoms with van der Waals surface area (Å²) in [5.74, 6) is -1.43. The smallest absolute Gasteiger partial charge is 0.305 e. The van der Waals surface area contributed by atoms with E-state index in [1.165, 1.54) is 0 Å². The van der Waals surface area contributed by atoms with E-state index in [1.807, 2.05) is 61.5 Å². The molecule has 1 atom stereocenters. The Kier molecular flexibility index (Phi) is 8.06. The van der Waals surface area contributed by atoms with E-state index in [0.717, 1.165) is 22.3 Å². The number of carboxylic acids is 1. The van der Waals surface area contributed by atoms with E-state index in [4.69, 9.17) is 11.6 Å². The maximum atomic E-state index is 13.9. The molecule has 0 aromatic heterocycles. The fourth-order valence-corrected chi connectivity index (χ4v) is 4.76. The predicted molar refractivity (Wildman–Crippen MR) is 139 cm³/mol. The van der Waals surface area contributed by atoms with Crippen LogP contribution in [-0.4, -0.2) is 51.8 Å². The van der Waals surface area contributed by atoms with Crippen LogP contribution in [0, 0.1) is 6.92 Å². The van der Waals surface area contributed by atoms with Gasteiger partial charge in [-0.3, -0.25) is 14.4 Å². The van der Waals surface area contributed by atoms with Crippen LogP contribution in [0.3, 0.4) is 0 Å². The van der Waals surface area contributed by atoms with E-state index in [9.17, 15) is 19.5 Å². The summed E-state index contributed by atoms with van der Waals surface area (Å²) in [6.45, 7) is 2.68. The summed E-state index contributed by atoms with van der Waals surface area (Å²) in [6.07, 6.45) is 0.741. The molecule has 4 rings (SSSR count). The number of hydrogen-bond acceptors (Lipinski definition) is 3. The van der Waals surface area contributed by atoms with Crippen LogP contribution in [0.15, 0.2) is 72.8 Å². The highest BCUT2D eigenvalue weighted by molar-refractivity contribution is 6.30. The van der Waals surface area contributed by atoms with Crippen molar-refractivity contribution in [3.63, 3.8) is 0 Å². The standard InChI is InChI=1S/C29H29ClN2O4/c1-20-9-11-22(12-10-20)28(35)32-19-24-7-3-2-6-23(24)18-26(32)29(36)31(16-14-27(33)34)15-13-21-5-4-8-25(30)17-21/h2-12,17,26H,13-16,18-19H2,1H3,(H,33,34)/t26-/m0/s1.